The smallest absolute Gasteiger partial charge is 0.313 e. The van der Waals surface area contributed by atoms with E-state index in [1.165, 1.54) is 12.1 Å². The summed E-state index contributed by atoms with van der Waals surface area (Å²) in [6.45, 7) is -0.0111. The topological polar surface area (TPSA) is 102 Å². The molecule has 1 N–H and O–H groups in total. The lowest BCUT2D eigenvalue weighted by molar-refractivity contribution is -0.385. The molecule has 1 aliphatic heterocycles. The average Bonchev–Trinajstić information content (AvgIpc) is 3.08. The summed E-state index contributed by atoms with van der Waals surface area (Å²) in [6.07, 6.45) is 1.24. The average molecular weight is 608 g/mol. The van der Waals surface area contributed by atoms with Crippen molar-refractivity contribution in [2.24, 2.45) is 0 Å². The molecule has 0 saturated carbocycles. The minimum absolute atomic E-state index is 0.0111. The van der Waals surface area contributed by atoms with Crippen LogP contribution in [0, 0.1) is 10.1 Å². The van der Waals surface area contributed by atoms with Crippen LogP contribution in [0.1, 0.15) is 11.1 Å². The number of nitro groups is 1. The van der Waals surface area contributed by atoms with E-state index in [0.29, 0.717) is 5.69 Å². The number of hydrazine groups is 1. The van der Waals surface area contributed by atoms with Crippen molar-refractivity contribution in [3.8, 4) is 5.75 Å². The molecule has 1 heterocycles. The maximum absolute atomic E-state index is 12.9. The second-order valence-corrected chi connectivity index (χ2v) is 9.31. The van der Waals surface area contributed by atoms with Crippen molar-refractivity contribution < 1.29 is 19.2 Å². The molecule has 0 radical (unpaired) electrons. The fraction of sp³-hybridized carbons (Fsp3) is 0.0435. The Hall–Kier alpha value is -3.21. The van der Waals surface area contributed by atoms with E-state index < -0.39 is 22.4 Å². The Morgan fingerprint density at radius 1 is 1.09 bits per heavy atom. The van der Waals surface area contributed by atoms with Crippen molar-refractivity contribution in [3.05, 3.63) is 101 Å². The van der Waals surface area contributed by atoms with Crippen molar-refractivity contribution >= 4 is 72.7 Å². The van der Waals surface area contributed by atoms with Crippen molar-refractivity contribution in [2.75, 3.05) is 5.01 Å². The molecule has 0 aromatic heterocycles. The highest BCUT2D eigenvalue weighted by Crippen LogP contribution is 2.37. The lowest BCUT2D eigenvalue weighted by Crippen LogP contribution is -2.35. The first-order valence-electron chi connectivity index (χ1n) is 9.71. The molecule has 1 fully saturated rings. The number of nitrogens with one attached hydrogen (secondary N) is 1. The Kier molecular flexibility index (Phi) is 7.01. The number of para-hydroxylation sites is 1. The van der Waals surface area contributed by atoms with Crippen LogP contribution in [0.2, 0.25) is 5.02 Å². The van der Waals surface area contributed by atoms with Crippen LogP contribution in [-0.4, -0.2) is 16.7 Å². The van der Waals surface area contributed by atoms with Gasteiger partial charge in [-0.3, -0.25) is 25.1 Å². The van der Waals surface area contributed by atoms with Crippen LogP contribution in [0.3, 0.4) is 0 Å². The normalized spacial score (nSPS) is 14.4. The molecular weight excluding hydrogens is 594 g/mol. The fourth-order valence-electron chi connectivity index (χ4n) is 3.26. The van der Waals surface area contributed by atoms with Gasteiger partial charge in [0.15, 0.2) is 0 Å². The molecule has 3 aromatic carbocycles. The zero-order chi connectivity index (χ0) is 24.4. The molecule has 0 unspecified atom stereocenters. The van der Waals surface area contributed by atoms with E-state index in [9.17, 15) is 19.7 Å². The molecule has 3 aromatic rings. The van der Waals surface area contributed by atoms with E-state index in [2.05, 4.69) is 37.3 Å². The quantitative estimate of drug-likeness (QED) is 0.165. The lowest BCUT2D eigenvalue weighted by atomic mass is 10.1. The molecule has 0 spiro atoms. The van der Waals surface area contributed by atoms with Crippen LogP contribution in [0.15, 0.2) is 75.2 Å². The van der Waals surface area contributed by atoms with Crippen LogP contribution >= 0.6 is 43.5 Å². The second-order valence-electron chi connectivity index (χ2n) is 7.10. The van der Waals surface area contributed by atoms with E-state index in [0.717, 1.165) is 25.6 Å². The Morgan fingerprint density at radius 2 is 1.82 bits per heavy atom. The van der Waals surface area contributed by atoms with Gasteiger partial charge in [-0.1, -0.05) is 67.7 Å². The summed E-state index contributed by atoms with van der Waals surface area (Å²) in [5.74, 6) is -1.38. The summed E-state index contributed by atoms with van der Waals surface area (Å²) in [4.78, 5) is 36.6. The number of rotatable bonds is 6. The third kappa shape index (κ3) is 4.98. The van der Waals surface area contributed by atoms with E-state index in [4.69, 9.17) is 16.3 Å². The van der Waals surface area contributed by atoms with Gasteiger partial charge in [0, 0.05) is 31.2 Å². The number of nitro benzene ring substituents is 1. The molecule has 0 atom stereocenters. The Labute approximate surface area is 215 Å². The number of ether oxygens (including phenoxy) is 1. The first-order chi connectivity index (χ1) is 16.2. The molecular formula is C23H14Br2ClN3O5. The third-order valence-corrected chi connectivity index (χ3v) is 6.30. The van der Waals surface area contributed by atoms with Gasteiger partial charge in [0.1, 0.15) is 12.2 Å². The number of anilines is 1. The van der Waals surface area contributed by atoms with Gasteiger partial charge in [0.2, 0.25) is 5.75 Å². The highest BCUT2D eigenvalue weighted by molar-refractivity contribution is 9.11. The molecule has 0 aliphatic carbocycles. The first kappa shape index (κ1) is 23.9. The van der Waals surface area contributed by atoms with E-state index in [-0.39, 0.29) is 28.5 Å². The number of benzene rings is 3. The minimum Gasteiger partial charge on any atom is -0.481 e. The van der Waals surface area contributed by atoms with E-state index >= 15 is 0 Å². The fourth-order valence-corrected chi connectivity index (χ4v) is 4.64. The maximum atomic E-state index is 12.9. The summed E-state index contributed by atoms with van der Waals surface area (Å²) in [6, 6.07) is 16.5. The summed E-state index contributed by atoms with van der Waals surface area (Å²) in [5, 5.41) is 12.9. The molecule has 0 bridgehead atoms. The zero-order valence-corrected chi connectivity index (χ0v) is 21.1. The number of halogens is 3. The predicted molar refractivity (Wildman–Crippen MR) is 134 cm³/mol. The number of hydrogen-bond donors (Lipinski definition) is 1. The number of hydrogen-bond acceptors (Lipinski definition) is 5. The van der Waals surface area contributed by atoms with Gasteiger partial charge in [0.25, 0.3) is 11.8 Å². The molecule has 34 heavy (non-hydrogen) atoms. The van der Waals surface area contributed by atoms with Gasteiger partial charge < -0.3 is 4.74 Å². The SMILES string of the molecule is O=C1NN(c2ccccc2)C(=O)/C1=C\c1cc(Cl)cc([N+](=O)[O-])c1OCc1ccc(Br)cc1Br. The van der Waals surface area contributed by atoms with Crippen molar-refractivity contribution in [1.29, 1.82) is 0 Å². The number of carbonyl (C=O) groups excluding carboxylic acids is 2. The minimum atomic E-state index is -0.655. The molecule has 1 aliphatic rings. The monoisotopic (exact) mass is 605 g/mol. The third-order valence-electron chi connectivity index (χ3n) is 4.85. The van der Waals surface area contributed by atoms with Gasteiger partial charge in [-0.15, -0.1) is 0 Å². The Balaban J connectivity index is 1.74. The highest BCUT2D eigenvalue weighted by Gasteiger charge is 2.35. The predicted octanol–water partition coefficient (Wildman–Crippen LogP) is 5.81. The van der Waals surface area contributed by atoms with Crippen LogP contribution in [0.5, 0.6) is 5.75 Å². The Morgan fingerprint density at radius 3 is 2.50 bits per heavy atom. The number of nitrogens with zero attached hydrogens (tertiary/aromatic N) is 2. The van der Waals surface area contributed by atoms with Gasteiger partial charge in [0.05, 0.1) is 10.6 Å². The standard InChI is InChI=1S/C23H14Br2ClN3O5/c24-15-7-6-13(19(25)10-15)12-34-21-14(8-16(26)11-20(21)29(32)33)9-18-22(30)27-28(23(18)31)17-4-2-1-3-5-17/h1-11H,12H2,(H,27,30)/b18-9-. The van der Waals surface area contributed by atoms with Crippen LogP contribution < -0.4 is 15.2 Å². The van der Waals surface area contributed by atoms with Crippen LogP contribution in [0.25, 0.3) is 6.08 Å². The largest absolute Gasteiger partial charge is 0.481 e. The van der Waals surface area contributed by atoms with Gasteiger partial charge in [-0.05, 0) is 36.4 Å². The molecule has 4 rings (SSSR count). The lowest BCUT2D eigenvalue weighted by Gasteiger charge is -2.14. The molecule has 1 saturated heterocycles. The van der Waals surface area contributed by atoms with Crippen LogP contribution in [0.4, 0.5) is 11.4 Å². The van der Waals surface area contributed by atoms with Crippen molar-refractivity contribution in [2.45, 2.75) is 6.61 Å². The van der Waals surface area contributed by atoms with E-state index in [1.807, 2.05) is 12.1 Å². The summed E-state index contributed by atoms with van der Waals surface area (Å²) < 4.78 is 7.42. The first-order valence-corrected chi connectivity index (χ1v) is 11.7. The van der Waals surface area contributed by atoms with Crippen molar-refractivity contribution in [3.63, 3.8) is 0 Å². The van der Waals surface area contributed by atoms with Gasteiger partial charge in [-0.25, -0.2) is 5.01 Å². The Bertz CT molecular complexity index is 1350. The van der Waals surface area contributed by atoms with Gasteiger partial charge in [-0.2, -0.15) is 0 Å². The van der Waals surface area contributed by atoms with Crippen molar-refractivity contribution in [1.82, 2.24) is 5.43 Å². The number of amides is 2. The highest BCUT2D eigenvalue weighted by atomic mass is 79.9. The number of carbonyl (C=O) groups is 2. The summed E-state index contributed by atoms with van der Waals surface area (Å²) in [7, 11) is 0. The summed E-state index contributed by atoms with van der Waals surface area (Å²) in [5.41, 5.74) is 3.22. The maximum Gasteiger partial charge on any atom is 0.313 e. The molecule has 172 valence electrons. The van der Waals surface area contributed by atoms with E-state index in [1.54, 1.807) is 36.4 Å². The second kappa shape index (κ2) is 9.96. The molecule has 2 amide bonds. The zero-order valence-electron chi connectivity index (χ0n) is 17.1. The van der Waals surface area contributed by atoms with Crippen LogP contribution in [-0.2, 0) is 16.2 Å². The molecule has 11 heteroatoms. The van der Waals surface area contributed by atoms with Gasteiger partial charge >= 0.3 is 5.69 Å². The summed E-state index contributed by atoms with van der Waals surface area (Å²) >= 11 is 12.9. The molecule has 8 nitrogen and oxygen atoms in total.